The molecule has 0 spiro atoms. The molecule has 110 valence electrons. The Kier molecular flexibility index (Phi) is 4.96. The predicted molar refractivity (Wildman–Crippen MR) is 85.4 cm³/mol. The van der Waals surface area contributed by atoms with E-state index in [1.165, 1.54) is 0 Å². The van der Waals surface area contributed by atoms with Crippen molar-refractivity contribution < 1.29 is 9.53 Å². The lowest BCUT2D eigenvalue weighted by Gasteiger charge is -2.26. The highest BCUT2D eigenvalue weighted by Gasteiger charge is 2.22. The van der Waals surface area contributed by atoms with E-state index in [2.05, 4.69) is 20.9 Å². The monoisotopic (exact) mass is 348 g/mol. The van der Waals surface area contributed by atoms with Crippen LogP contribution in [0.3, 0.4) is 0 Å². The van der Waals surface area contributed by atoms with Gasteiger partial charge >= 0.3 is 0 Å². The Morgan fingerprint density at radius 2 is 2.00 bits per heavy atom. The van der Waals surface area contributed by atoms with E-state index in [1.54, 1.807) is 37.4 Å². The third-order valence-corrected chi connectivity index (χ3v) is 4.11. The van der Waals surface area contributed by atoms with Gasteiger partial charge in [-0.1, -0.05) is 18.2 Å². The molecule has 5 heteroatoms. The normalized spacial score (nSPS) is 11.8. The molecule has 1 aromatic carbocycles. The Hall–Kier alpha value is -1.88. The fraction of sp³-hybridized carbons (Fsp3) is 0.250. The molecule has 0 fully saturated rings. The molecule has 0 saturated heterocycles. The van der Waals surface area contributed by atoms with Gasteiger partial charge in [0, 0.05) is 18.8 Å². The SMILES string of the molecule is COc1ccccc1C(C)N(C)C(=O)c1cccnc1Br. The lowest BCUT2D eigenvalue weighted by atomic mass is 10.1. The number of amides is 1. The van der Waals surface area contributed by atoms with Crippen LogP contribution in [0.1, 0.15) is 28.9 Å². The second kappa shape index (κ2) is 6.72. The number of halogens is 1. The van der Waals surface area contributed by atoms with Gasteiger partial charge in [0.1, 0.15) is 10.4 Å². The number of methoxy groups -OCH3 is 1. The summed E-state index contributed by atoms with van der Waals surface area (Å²) in [5, 5.41) is 0. The van der Waals surface area contributed by atoms with Gasteiger partial charge in [0.2, 0.25) is 0 Å². The summed E-state index contributed by atoms with van der Waals surface area (Å²) in [7, 11) is 3.41. The van der Waals surface area contributed by atoms with Crippen LogP contribution >= 0.6 is 15.9 Å². The third-order valence-electron chi connectivity index (χ3n) is 3.48. The number of para-hydroxylation sites is 1. The summed E-state index contributed by atoms with van der Waals surface area (Å²) in [5.74, 6) is 0.684. The summed E-state index contributed by atoms with van der Waals surface area (Å²) in [6.45, 7) is 1.97. The molecular formula is C16H17BrN2O2. The molecule has 1 atom stereocenters. The van der Waals surface area contributed by atoms with Crippen LogP contribution in [0.15, 0.2) is 47.2 Å². The molecule has 1 aromatic heterocycles. The number of carbonyl (C=O) groups is 1. The number of pyridine rings is 1. The molecule has 21 heavy (non-hydrogen) atoms. The molecule has 1 heterocycles. The van der Waals surface area contributed by atoms with Crippen molar-refractivity contribution in [1.29, 1.82) is 0 Å². The summed E-state index contributed by atoms with van der Waals surface area (Å²) < 4.78 is 5.92. The molecule has 0 aliphatic carbocycles. The molecule has 4 nitrogen and oxygen atoms in total. The van der Waals surface area contributed by atoms with Crippen molar-refractivity contribution in [2.24, 2.45) is 0 Å². The fourth-order valence-corrected chi connectivity index (χ4v) is 2.55. The molecule has 0 N–H and O–H groups in total. The van der Waals surface area contributed by atoms with E-state index in [9.17, 15) is 4.79 Å². The number of nitrogens with zero attached hydrogens (tertiary/aromatic N) is 2. The van der Waals surface area contributed by atoms with Crippen molar-refractivity contribution in [3.05, 3.63) is 58.3 Å². The molecular weight excluding hydrogens is 332 g/mol. The van der Waals surface area contributed by atoms with Crippen molar-refractivity contribution in [1.82, 2.24) is 9.88 Å². The summed E-state index contributed by atoms with van der Waals surface area (Å²) in [4.78, 5) is 18.4. The molecule has 1 unspecified atom stereocenters. The molecule has 2 aromatic rings. The highest BCUT2D eigenvalue weighted by molar-refractivity contribution is 9.10. The van der Waals surface area contributed by atoms with Gasteiger partial charge in [0.15, 0.2) is 0 Å². The number of hydrogen-bond acceptors (Lipinski definition) is 3. The van der Waals surface area contributed by atoms with Crippen molar-refractivity contribution in [3.8, 4) is 5.75 Å². The number of hydrogen-bond donors (Lipinski definition) is 0. The Bertz CT molecular complexity index is 646. The van der Waals surface area contributed by atoms with Crippen LogP contribution in [-0.2, 0) is 0 Å². The smallest absolute Gasteiger partial charge is 0.256 e. The first kappa shape index (κ1) is 15.5. The Morgan fingerprint density at radius 1 is 1.29 bits per heavy atom. The van der Waals surface area contributed by atoms with Crippen molar-refractivity contribution in [2.75, 3.05) is 14.2 Å². The van der Waals surface area contributed by atoms with Gasteiger partial charge in [0.25, 0.3) is 5.91 Å². The van der Waals surface area contributed by atoms with Gasteiger partial charge in [-0.05, 0) is 41.1 Å². The molecule has 2 rings (SSSR count). The van der Waals surface area contributed by atoms with E-state index < -0.39 is 0 Å². The molecule has 0 saturated carbocycles. The Balaban J connectivity index is 2.29. The van der Waals surface area contributed by atoms with Gasteiger partial charge in [-0.2, -0.15) is 0 Å². The number of aromatic nitrogens is 1. The van der Waals surface area contributed by atoms with E-state index in [-0.39, 0.29) is 11.9 Å². The molecule has 0 aliphatic rings. The molecule has 1 amide bonds. The van der Waals surface area contributed by atoms with E-state index >= 15 is 0 Å². The summed E-state index contributed by atoms with van der Waals surface area (Å²) in [6, 6.07) is 11.1. The average molecular weight is 349 g/mol. The van der Waals surface area contributed by atoms with Gasteiger partial charge in [0.05, 0.1) is 18.7 Å². The number of ether oxygens (including phenoxy) is 1. The maximum atomic E-state index is 12.6. The first-order chi connectivity index (χ1) is 10.1. The number of rotatable bonds is 4. The molecule has 0 aliphatic heterocycles. The van der Waals surface area contributed by atoms with Gasteiger partial charge in [-0.15, -0.1) is 0 Å². The van der Waals surface area contributed by atoms with Crippen LogP contribution in [0.5, 0.6) is 5.75 Å². The first-order valence-corrected chi connectivity index (χ1v) is 7.36. The van der Waals surface area contributed by atoms with Crippen LogP contribution in [0.4, 0.5) is 0 Å². The lowest BCUT2D eigenvalue weighted by Crippen LogP contribution is -2.30. The van der Waals surface area contributed by atoms with Crippen LogP contribution in [-0.4, -0.2) is 29.9 Å². The second-order valence-corrected chi connectivity index (χ2v) is 5.43. The minimum Gasteiger partial charge on any atom is -0.496 e. The van der Waals surface area contributed by atoms with Crippen LogP contribution in [0.25, 0.3) is 0 Å². The quantitative estimate of drug-likeness (QED) is 0.791. The maximum Gasteiger partial charge on any atom is 0.256 e. The van der Waals surface area contributed by atoms with Crippen molar-refractivity contribution in [2.45, 2.75) is 13.0 Å². The largest absolute Gasteiger partial charge is 0.496 e. The van der Waals surface area contributed by atoms with Gasteiger partial charge < -0.3 is 9.64 Å². The second-order valence-electron chi connectivity index (χ2n) is 4.68. The minimum atomic E-state index is -0.110. The highest BCUT2D eigenvalue weighted by Crippen LogP contribution is 2.29. The van der Waals surface area contributed by atoms with Crippen LogP contribution < -0.4 is 4.74 Å². The van der Waals surface area contributed by atoms with E-state index in [1.807, 2.05) is 31.2 Å². The summed E-state index contributed by atoms with van der Waals surface area (Å²) >= 11 is 3.32. The van der Waals surface area contributed by atoms with E-state index in [4.69, 9.17) is 4.74 Å². The van der Waals surface area contributed by atoms with Crippen molar-refractivity contribution >= 4 is 21.8 Å². The molecule has 0 radical (unpaired) electrons. The van der Waals surface area contributed by atoms with Crippen molar-refractivity contribution in [3.63, 3.8) is 0 Å². The first-order valence-electron chi connectivity index (χ1n) is 6.57. The Labute approximate surface area is 132 Å². The van der Waals surface area contributed by atoms with Gasteiger partial charge in [-0.3, -0.25) is 4.79 Å². The number of benzene rings is 1. The molecule has 0 bridgehead atoms. The minimum absolute atomic E-state index is 0.0895. The van der Waals surface area contributed by atoms with Gasteiger partial charge in [-0.25, -0.2) is 4.98 Å². The fourth-order valence-electron chi connectivity index (χ4n) is 2.13. The summed E-state index contributed by atoms with van der Waals surface area (Å²) in [6.07, 6.45) is 1.64. The zero-order chi connectivity index (χ0) is 15.4. The predicted octanol–water partition coefficient (Wildman–Crippen LogP) is 3.69. The standard InChI is InChI=1S/C16H17BrN2O2/c1-11(12-7-4-5-9-14(12)21-3)19(2)16(20)13-8-6-10-18-15(13)17/h4-11H,1-3H3. The highest BCUT2D eigenvalue weighted by atomic mass is 79.9. The van der Waals surface area contributed by atoms with E-state index in [0.29, 0.717) is 10.2 Å². The van der Waals surface area contributed by atoms with E-state index in [0.717, 1.165) is 11.3 Å². The summed E-state index contributed by atoms with van der Waals surface area (Å²) in [5.41, 5.74) is 1.51. The maximum absolute atomic E-state index is 12.6. The third kappa shape index (κ3) is 3.24. The Morgan fingerprint density at radius 3 is 2.67 bits per heavy atom. The zero-order valence-corrected chi connectivity index (χ0v) is 13.8. The average Bonchev–Trinajstić information content (AvgIpc) is 2.53. The zero-order valence-electron chi connectivity index (χ0n) is 12.2. The lowest BCUT2D eigenvalue weighted by molar-refractivity contribution is 0.0739. The van der Waals surface area contributed by atoms with Crippen LogP contribution in [0, 0.1) is 0 Å². The number of carbonyl (C=O) groups excluding carboxylic acids is 1. The van der Waals surface area contributed by atoms with Crippen LogP contribution in [0.2, 0.25) is 0 Å². The topological polar surface area (TPSA) is 42.4 Å².